The van der Waals surface area contributed by atoms with Crippen molar-refractivity contribution in [1.82, 2.24) is 5.32 Å². The van der Waals surface area contributed by atoms with E-state index in [4.69, 9.17) is 21.1 Å². The molecule has 0 aromatic heterocycles. The molecule has 1 saturated carbocycles. The second kappa shape index (κ2) is 9.23. The van der Waals surface area contributed by atoms with Gasteiger partial charge >= 0.3 is 0 Å². The molecule has 0 saturated heterocycles. The van der Waals surface area contributed by atoms with Crippen LogP contribution in [0.15, 0.2) is 0 Å². The molecular formula is C12H24ClNO2. The normalized spacial score (nSPS) is 25.9. The van der Waals surface area contributed by atoms with Gasteiger partial charge in [-0.1, -0.05) is 0 Å². The van der Waals surface area contributed by atoms with Gasteiger partial charge in [-0.3, -0.25) is 0 Å². The Labute approximate surface area is 104 Å². The first kappa shape index (κ1) is 14.2. The third-order valence-electron chi connectivity index (χ3n) is 2.97. The third-order valence-corrected chi connectivity index (χ3v) is 3.41. The second-order valence-electron chi connectivity index (χ2n) is 4.36. The minimum Gasteiger partial charge on any atom is -0.385 e. The molecule has 0 heterocycles. The monoisotopic (exact) mass is 249 g/mol. The van der Waals surface area contributed by atoms with Crippen LogP contribution in [0.25, 0.3) is 0 Å². The van der Waals surface area contributed by atoms with Crippen LogP contribution >= 0.6 is 11.6 Å². The van der Waals surface area contributed by atoms with E-state index in [1.165, 1.54) is 12.8 Å². The first-order chi connectivity index (χ1) is 7.83. The molecule has 0 bridgehead atoms. The Hall–Kier alpha value is 0.170. The number of methoxy groups -OCH3 is 1. The Bertz CT molecular complexity index is 161. The highest BCUT2D eigenvalue weighted by Crippen LogP contribution is 2.22. The van der Waals surface area contributed by atoms with Crippen molar-refractivity contribution in [3.8, 4) is 0 Å². The minimum atomic E-state index is 0.406. The van der Waals surface area contributed by atoms with Crippen LogP contribution in [0, 0.1) is 0 Å². The fourth-order valence-electron chi connectivity index (χ4n) is 2.00. The lowest BCUT2D eigenvalue weighted by molar-refractivity contribution is 0.102. The van der Waals surface area contributed by atoms with Crippen LogP contribution in [0.5, 0.6) is 0 Å². The van der Waals surface area contributed by atoms with E-state index >= 15 is 0 Å². The molecule has 96 valence electrons. The SMILES string of the molecule is COCCCOCCNC1CCC(Cl)CC1. The standard InChI is InChI=1S/C12H24ClNO2/c1-15-8-2-9-16-10-7-14-12-5-3-11(13)4-6-12/h11-12,14H,2-10H2,1H3. The Morgan fingerprint density at radius 3 is 2.56 bits per heavy atom. The molecule has 0 aromatic rings. The van der Waals surface area contributed by atoms with Crippen molar-refractivity contribution in [2.24, 2.45) is 0 Å². The average molecular weight is 250 g/mol. The van der Waals surface area contributed by atoms with E-state index in [0.717, 1.165) is 45.6 Å². The van der Waals surface area contributed by atoms with E-state index in [1.54, 1.807) is 7.11 Å². The average Bonchev–Trinajstić information content (AvgIpc) is 2.30. The molecule has 1 fully saturated rings. The number of rotatable bonds is 8. The van der Waals surface area contributed by atoms with Crippen LogP contribution in [0.3, 0.4) is 0 Å². The van der Waals surface area contributed by atoms with Crippen LogP contribution in [-0.2, 0) is 9.47 Å². The topological polar surface area (TPSA) is 30.5 Å². The lowest BCUT2D eigenvalue weighted by atomic mass is 9.95. The number of alkyl halides is 1. The van der Waals surface area contributed by atoms with Gasteiger partial charge in [0.2, 0.25) is 0 Å². The summed E-state index contributed by atoms with van der Waals surface area (Å²) in [5, 5.41) is 3.92. The Balaban J connectivity index is 1.84. The summed E-state index contributed by atoms with van der Waals surface area (Å²) in [7, 11) is 1.72. The zero-order valence-electron chi connectivity index (χ0n) is 10.2. The van der Waals surface area contributed by atoms with E-state index in [-0.39, 0.29) is 0 Å². The number of nitrogens with one attached hydrogen (secondary N) is 1. The molecule has 16 heavy (non-hydrogen) atoms. The van der Waals surface area contributed by atoms with E-state index in [2.05, 4.69) is 5.32 Å². The van der Waals surface area contributed by atoms with Crippen molar-refractivity contribution in [3.05, 3.63) is 0 Å². The highest BCUT2D eigenvalue weighted by Gasteiger charge is 2.18. The fourth-order valence-corrected chi connectivity index (χ4v) is 2.25. The van der Waals surface area contributed by atoms with Crippen LogP contribution in [-0.4, -0.2) is 44.9 Å². The Morgan fingerprint density at radius 2 is 1.88 bits per heavy atom. The summed E-state index contributed by atoms with van der Waals surface area (Å²) in [6, 6.07) is 0.651. The van der Waals surface area contributed by atoms with Gasteiger partial charge in [0.05, 0.1) is 6.61 Å². The number of halogens is 1. The zero-order chi connectivity index (χ0) is 11.6. The molecule has 3 nitrogen and oxygen atoms in total. The van der Waals surface area contributed by atoms with Crippen LogP contribution in [0.4, 0.5) is 0 Å². The molecular weight excluding hydrogens is 226 g/mol. The van der Waals surface area contributed by atoms with E-state index < -0.39 is 0 Å². The predicted octanol–water partition coefficient (Wildman–Crippen LogP) is 2.18. The number of hydrogen-bond acceptors (Lipinski definition) is 3. The maximum absolute atomic E-state index is 6.05. The molecule has 0 spiro atoms. The molecule has 4 heteroatoms. The molecule has 1 aliphatic carbocycles. The summed E-state index contributed by atoms with van der Waals surface area (Å²) in [5.41, 5.74) is 0. The molecule has 0 atom stereocenters. The van der Waals surface area contributed by atoms with Crippen molar-refractivity contribution in [3.63, 3.8) is 0 Å². The fraction of sp³-hybridized carbons (Fsp3) is 1.00. The van der Waals surface area contributed by atoms with Crippen LogP contribution in [0.2, 0.25) is 0 Å². The molecule has 0 aliphatic heterocycles. The number of hydrogen-bond donors (Lipinski definition) is 1. The zero-order valence-corrected chi connectivity index (χ0v) is 11.0. The van der Waals surface area contributed by atoms with Crippen LogP contribution in [0.1, 0.15) is 32.1 Å². The summed E-state index contributed by atoms with van der Waals surface area (Å²) in [6.07, 6.45) is 5.69. The molecule has 1 aliphatic rings. The van der Waals surface area contributed by atoms with E-state index in [9.17, 15) is 0 Å². The summed E-state index contributed by atoms with van der Waals surface area (Å²) >= 11 is 6.05. The molecule has 0 radical (unpaired) electrons. The maximum Gasteiger partial charge on any atom is 0.0591 e. The summed E-state index contributed by atoms with van der Waals surface area (Å²) in [6.45, 7) is 3.33. The van der Waals surface area contributed by atoms with Gasteiger partial charge in [0.1, 0.15) is 0 Å². The lowest BCUT2D eigenvalue weighted by Gasteiger charge is -2.25. The molecule has 1 N–H and O–H groups in total. The van der Waals surface area contributed by atoms with Gasteiger partial charge in [-0.2, -0.15) is 0 Å². The Kier molecular flexibility index (Phi) is 8.21. The predicted molar refractivity (Wildman–Crippen MR) is 67.2 cm³/mol. The second-order valence-corrected chi connectivity index (χ2v) is 4.98. The molecule has 0 amide bonds. The van der Waals surface area contributed by atoms with Gasteiger partial charge in [-0.25, -0.2) is 0 Å². The van der Waals surface area contributed by atoms with Gasteiger partial charge in [0, 0.05) is 38.3 Å². The van der Waals surface area contributed by atoms with Crippen molar-refractivity contribution < 1.29 is 9.47 Å². The Morgan fingerprint density at radius 1 is 1.12 bits per heavy atom. The van der Waals surface area contributed by atoms with Gasteiger partial charge in [-0.05, 0) is 32.1 Å². The third kappa shape index (κ3) is 6.69. The quantitative estimate of drug-likeness (QED) is 0.528. The highest BCUT2D eigenvalue weighted by atomic mass is 35.5. The van der Waals surface area contributed by atoms with Gasteiger partial charge in [-0.15, -0.1) is 11.6 Å². The summed E-state index contributed by atoms with van der Waals surface area (Å²) in [4.78, 5) is 0. The van der Waals surface area contributed by atoms with Gasteiger partial charge in [0.15, 0.2) is 0 Å². The van der Waals surface area contributed by atoms with Crippen molar-refractivity contribution >= 4 is 11.6 Å². The van der Waals surface area contributed by atoms with E-state index in [1.807, 2.05) is 0 Å². The van der Waals surface area contributed by atoms with Gasteiger partial charge < -0.3 is 14.8 Å². The first-order valence-corrected chi connectivity index (χ1v) is 6.70. The summed E-state index contributed by atoms with van der Waals surface area (Å²) < 4.78 is 10.4. The van der Waals surface area contributed by atoms with Crippen molar-refractivity contribution in [1.29, 1.82) is 0 Å². The van der Waals surface area contributed by atoms with Crippen molar-refractivity contribution in [2.45, 2.75) is 43.5 Å². The molecule has 1 rings (SSSR count). The van der Waals surface area contributed by atoms with Gasteiger partial charge in [0.25, 0.3) is 0 Å². The van der Waals surface area contributed by atoms with Crippen LogP contribution < -0.4 is 5.32 Å². The maximum atomic E-state index is 6.05. The van der Waals surface area contributed by atoms with Crippen molar-refractivity contribution in [2.75, 3.05) is 33.5 Å². The summed E-state index contributed by atoms with van der Waals surface area (Å²) in [5.74, 6) is 0. The largest absolute Gasteiger partial charge is 0.385 e. The molecule has 0 unspecified atom stereocenters. The smallest absolute Gasteiger partial charge is 0.0591 e. The minimum absolute atomic E-state index is 0.406. The molecule has 0 aromatic carbocycles. The first-order valence-electron chi connectivity index (χ1n) is 6.27. The highest BCUT2D eigenvalue weighted by molar-refractivity contribution is 6.20. The lowest BCUT2D eigenvalue weighted by Crippen LogP contribution is -2.35. The number of ether oxygens (including phenoxy) is 2. The van der Waals surface area contributed by atoms with E-state index in [0.29, 0.717) is 11.4 Å².